The number of nitrogens with two attached hydrogens (primary N) is 1. The average Bonchev–Trinajstić information content (AvgIpc) is 2.21. The zero-order chi connectivity index (χ0) is 13.3. The molecule has 0 saturated heterocycles. The van der Waals surface area contributed by atoms with Gasteiger partial charge in [-0.1, -0.05) is 0 Å². The van der Waals surface area contributed by atoms with Crippen LogP contribution in [0.1, 0.15) is 0 Å². The van der Waals surface area contributed by atoms with Crippen molar-refractivity contribution >= 4 is 24.0 Å². The summed E-state index contributed by atoms with van der Waals surface area (Å²) in [5.41, 5.74) is 4.65. The smallest absolute Gasteiger partial charge is 0.404 e. The lowest BCUT2D eigenvalue weighted by Gasteiger charge is -2.04. The first-order valence-electron chi connectivity index (χ1n) is 4.34. The van der Waals surface area contributed by atoms with Crippen LogP contribution in [-0.2, 0) is 14.3 Å². The number of urea groups is 1. The van der Waals surface area contributed by atoms with E-state index in [1.807, 2.05) is 5.32 Å². The van der Waals surface area contributed by atoms with Crippen LogP contribution < -0.4 is 16.4 Å². The van der Waals surface area contributed by atoms with Gasteiger partial charge in [-0.05, 0) is 0 Å². The second kappa shape index (κ2) is 7.68. The highest BCUT2D eigenvalue weighted by molar-refractivity contribution is 6.02. The van der Waals surface area contributed by atoms with Gasteiger partial charge in [-0.15, -0.1) is 0 Å². The fraction of sp³-hybridized carbons (Fsp3) is 0.250. The number of hydrogen-bond acceptors (Lipinski definition) is 5. The molecule has 0 saturated carbocycles. The molecule has 94 valence electrons. The summed E-state index contributed by atoms with van der Waals surface area (Å²) in [5.74, 6) is -2.20. The summed E-state index contributed by atoms with van der Waals surface area (Å²) in [5, 5.41) is 12.2. The van der Waals surface area contributed by atoms with Gasteiger partial charge < -0.3 is 20.9 Å². The SMILES string of the molecule is NC(=O)OCCNC(=O)NC(=O)/C=C/C(=O)O. The molecule has 17 heavy (non-hydrogen) atoms. The van der Waals surface area contributed by atoms with Gasteiger partial charge in [0.05, 0.1) is 6.54 Å². The molecule has 0 aliphatic rings. The van der Waals surface area contributed by atoms with E-state index in [1.54, 1.807) is 0 Å². The lowest BCUT2D eigenvalue weighted by Crippen LogP contribution is -2.40. The van der Waals surface area contributed by atoms with Gasteiger partial charge in [-0.2, -0.15) is 0 Å². The van der Waals surface area contributed by atoms with Gasteiger partial charge in [-0.25, -0.2) is 14.4 Å². The standard InChI is InChI=1S/C8H11N3O6/c9-7(15)17-4-3-10-8(16)11-5(12)1-2-6(13)14/h1-2H,3-4H2,(H2,9,15)(H,13,14)(H2,10,11,12,16)/b2-1+. The van der Waals surface area contributed by atoms with Crippen LogP contribution in [0.4, 0.5) is 9.59 Å². The first-order chi connectivity index (χ1) is 7.91. The normalized spacial score (nSPS) is 9.65. The van der Waals surface area contributed by atoms with Gasteiger partial charge >= 0.3 is 18.1 Å². The molecule has 0 radical (unpaired) electrons. The van der Waals surface area contributed by atoms with Crippen molar-refractivity contribution in [1.29, 1.82) is 0 Å². The molecular weight excluding hydrogens is 234 g/mol. The van der Waals surface area contributed by atoms with Gasteiger partial charge in [0.25, 0.3) is 5.91 Å². The van der Waals surface area contributed by atoms with E-state index in [2.05, 4.69) is 15.8 Å². The Bertz CT molecular complexity index is 351. The maximum Gasteiger partial charge on any atom is 0.404 e. The number of ether oxygens (including phenoxy) is 1. The van der Waals surface area contributed by atoms with Gasteiger partial charge in [0.2, 0.25) is 0 Å². The van der Waals surface area contributed by atoms with E-state index in [0.717, 1.165) is 0 Å². The molecule has 0 rings (SSSR count). The van der Waals surface area contributed by atoms with Crippen molar-refractivity contribution in [3.05, 3.63) is 12.2 Å². The Labute approximate surface area is 95.6 Å². The highest BCUT2D eigenvalue weighted by Crippen LogP contribution is 1.76. The van der Waals surface area contributed by atoms with Crippen LogP contribution in [0, 0.1) is 0 Å². The molecule has 4 amide bonds. The Morgan fingerprint density at radius 1 is 1.24 bits per heavy atom. The zero-order valence-electron chi connectivity index (χ0n) is 8.63. The van der Waals surface area contributed by atoms with Crippen LogP contribution in [0.25, 0.3) is 0 Å². The number of imide groups is 1. The van der Waals surface area contributed by atoms with Crippen LogP contribution in [0.15, 0.2) is 12.2 Å². The van der Waals surface area contributed by atoms with Crippen molar-refractivity contribution in [3.8, 4) is 0 Å². The summed E-state index contributed by atoms with van der Waals surface area (Å²) >= 11 is 0. The van der Waals surface area contributed by atoms with E-state index < -0.39 is 24.0 Å². The molecular formula is C8H11N3O6. The Morgan fingerprint density at radius 2 is 1.88 bits per heavy atom. The number of carbonyl (C=O) groups is 4. The van der Waals surface area contributed by atoms with Crippen molar-refractivity contribution in [2.45, 2.75) is 0 Å². The third-order valence-corrected chi connectivity index (χ3v) is 1.25. The number of nitrogens with one attached hydrogen (secondary N) is 2. The quantitative estimate of drug-likeness (QED) is 0.344. The van der Waals surface area contributed by atoms with E-state index in [4.69, 9.17) is 5.11 Å². The molecule has 0 aromatic rings. The fourth-order valence-corrected chi connectivity index (χ4v) is 0.661. The summed E-state index contributed by atoms with van der Waals surface area (Å²) in [7, 11) is 0. The van der Waals surface area contributed by atoms with E-state index in [9.17, 15) is 19.2 Å². The predicted octanol–water partition coefficient (Wildman–Crippen LogP) is -1.45. The summed E-state index contributed by atoms with van der Waals surface area (Å²) in [4.78, 5) is 42.0. The van der Waals surface area contributed by atoms with Crippen molar-refractivity contribution in [2.24, 2.45) is 5.73 Å². The molecule has 5 N–H and O–H groups in total. The molecule has 0 aliphatic heterocycles. The molecule has 0 fully saturated rings. The van der Waals surface area contributed by atoms with Crippen molar-refractivity contribution in [3.63, 3.8) is 0 Å². The molecule has 0 aliphatic carbocycles. The number of rotatable bonds is 5. The minimum atomic E-state index is -1.31. The lowest BCUT2D eigenvalue weighted by atomic mass is 10.5. The van der Waals surface area contributed by atoms with Crippen LogP contribution in [-0.4, -0.2) is 42.3 Å². The number of hydrogen-bond donors (Lipinski definition) is 4. The highest BCUT2D eigenvalue weighted by Gasteiger charge is 2.04. The molecule has 0 spiro atoms. The molecule has 0 bridgehead atoms. The largest absolute Gasteiger partial charge is 0.478 e. The van der Waals surface area contributed by atoms with Crippen LogP contribution in [0.3, 0.4) is 0 Å². The predicted molar refractivity (Wildman–Crippen MR) is 53.9 cm³/mol. The summed E-state index contributed by atoms with van der Waals surface area (Å²) in [6.45, 7) is -0.174. The monoisotopic (exact) mass is 245 g/mol. The van der Waals surface area contributed by atoms with Crippen LogP contribution in [0.5, 0.6) is 0 Å². The van der Waals surface area contributed by atoms with Gasteiger partial charge in [0, 0.05) is 12.2 Å². The van der Waals surface area contributed by atoms with E-state index in [1.165, 1.54) is 0 Å². The van der Waals surface area contributed by atoms with Gasteiger partial charge in [0.15, 0.2) is 0 Å². The second-order valence-corrected chi connectivity index (χ2v) is 2.58. The molecule has 0 aromatic carbocycles. The molecule has 0 unspecified atom stereocenters. The van der Waals surface area contributed by atoms with E-state index in [0.29, 0.717) is 12.2 Å². The second-order valence-electron chi connectivity index (χ2n) is 2.58. The minimum absolute atomic E-state index is 0.0370. The van der Waals surface area contributed by atoms with Gasteiger partial charge in [-0.3, -0.25) is 10.1 Å². The number of carboxylic acids is 1. The maximum absolute atomic E-state index is 10.9. The number of primary amides is 1. The number of carboxylic acid groups (broad SMARTS) is 1. The van der Waals surface area contributed by atoms with Crippen LogP contribution >= 0.6 is 0 Å². The number of amides is 4. The van der Waals surface area contributed by atoms with Crippen molar-refractivity contribution < 1.29 is 29.0 Å². The minimum Gasteiger partial charge on any atom is -0.478 e. The topological polar surface area (TPSA) is 148 Å². The maximum atomic E-state index is 10.9. The summed E-state index contributed by atoms with van der Waals surface area (Å²) < 4.78 is 4.30. The number of aliphatic carboxylic acids is 1. The highest BCUT2D eigenvalue weighted by atomic mass is 16.5. The third-order valence-electron chi connectivity index (χ3n) is 1.25. The molecule has 9 nitrogen and oxygen atoms in total. The van der Waals surface area contributed by atoms with Crippen molar-refractivity contribution in [1.82, 2.24) is 10.6 Å². The number of carbonyl (C=O) groups excluding carboxylic acids is 3. The Kier molecular flexibility index (Phi) is 6.51. The molecule has 0 atom stereocenters. The van der Waals surface area contributed by atoms with Crippen molar-refractivity contribution in [2.75, 3.05) is 13.2 Å². The third kappa shape index (κ3) is 9.72. The lowest BCUT2D eigenvalue weighted by molar-refractivity contribution is -0.131. The summed E-state index contributed by atoms with van der Waals surface area (Å²) in [6, 6.07) is -0.849. The Balaban J connectivity index is 3.75. The average molecular weight is 245 g/mol. The van der Waals surface area contributed by atoms with E-state index >= 15 is 0 Å². The first-order valence-corrected chi connectivity index (χ1v) is 4.34. The Morgan fingerprint density at radius 3 is 2.41 bits per heavy atom. The van der Waals surface area contributed by atoms with Crippen LogP contribution in [0.2, 0.25) is 0 Å². The first kappa shape index (κ1) is 14.4. The molecule has 0 heterocycles. The molecule has 9 heteroatoms. The Hall–Kier alpha value is -2.58. The van der Waals surface area contributed by atoms with E-state index in [-0.39, 0.29) is 13.2 Å². The molecule has 0 aromatic heterocycles. The van der Waals surface area contributed by atoms with Gasteiger partial charge in [0.1, 0.15) is 6.61 Å². The zero-order valence-corrected chi connectivity index (χ0v) is 8.63. The summed E-state index contributed by atoms with van der Waals surface area (Å²) in [6.07, 6.45) is 0.286. The fourth-order valence-electron chi connectivity index (χ4n) is 0.661.